The first-order valence-electron chi connectivity index (χ1n) is 12.8. The van der Waals surface area contributed by atoms with Gasteiger partial charge in [0.05, 0.1) is 11.6 Å². The van der Waals surface area contributed by atoms with Crippen LogP contribution in [-0.4, -0.2) is 81.7 Å². The SMILES string of the molecule is CNC(=O)Oc1ccc(-c2ccc(O)c3c2C[C@@H]2C[C@@H]4[C@H](N(C)C)C(O)=C(C(N)=O)C(=O)[C@]4(O)C(O)=C2C3=O)cc1. The van der Waals surface area contributed by atoms with Crippen molar-refractivity contribution in [2.45, 2.75) is 24.5 Å². The number of hydrogen-bond acceptors (Lipinski definition) is 10. The molecule has 0 fully saturated rings. The van der Waals surface area contributed by atoms with E-state index in [2.05, 4.69) is 5.32 Å². The first-order valence-corrected chi connectivity index (χ1v) is 12.8. The van der Waals surface area contributed by atoms with Crippen molar-refractivity contribution < 1.29 is 44.3 Å². The number of aromatic hydroxyl groups is 1. The van der Waals surface area contributed by atoms with Gasteiger partial charge in [0.1, 0.15) is 28.6 Å². The number of aliphatic hydroxyl groups is 3. The van der Waals surface area contributed by atoms with Gasteiger partial charge in [0.2, 0.25) is 5.78 Å². The number of allylic oxidation sites excluding steroid dienone is 1. The van der Waals surface area contributed by atoms with Crippen molar-refractivity contribution in [1.29, 1.82) is 0 Å². The van der Waals surface area contributed by atoms with Crippen molar-refractivity contribution in [2.75, 3.05) is 21.1 Å². The van der Waals surface area contributed by atoms with Crippen molar-refractivity contribution in [3.05, 3.63) is 70.2 Å². The number of rotatable bonds is 4. The number of carbonyl (C=O) groups excluding carboxylic acids is 4. The molecule has 3 aliphatic carbocycles. The molecule has 0 saturated carbocycles. The Balaban J connectivity index is 1.64. The minimum atomic E-state index is -2.70. The van der Waals surface area contributed by atoms with Crippen LogP contribution in [0.5, 0.6) is 11.5 Å². The number of ketones is 2. The summed E-state index contributed by atoms with van der Waals surface area (Å²) in [5.41, 5.74) is 3.25. The summed E-state index contributed by atoms with van der Waals surface area (Å²) < 4.78 is 5.13. The molecule has 0 spiro atoms. The van der Waals surface area contributed by atoms with E-state index in [9.17, 15) is 39.6 Å². The number of hydrogen-bond donors (Lipinski definition) is 6. The minimum absolute atomic E-state index is 0.0141. The highest BCUT2D eigenvalue weighted by atomic mass is 16.5. The predicted octanol–water partition coefficient (Wildman–Crippen LogP) is 1.51. The smallest absolute Gasteiger partial charge is 0.412 e. The third-order valence-electron chi connectivity index (χ3n) is 8.19. The highest BCUT2D eigenvalue weighted by Crippen LogP contribution is 2.53. The number of ether oxygens (including phenoxy) is 1. The zero-order chi connectivity index (χ0) is 30.0. The van der Waals surface area contributed by atoms with Gasteiger partial charge in [-0.2, -0.15) is 0 Å². The number of likely N-dealkylation sites (N-methyl/N-ethyl adjacent to an activating group) is 1. The zero-order valence-electron chi connectivity index (χ0n) is 22.5. The van der Waals surface area contributed by atoms with E-state index in [4.69, 9.17) is 10.5 Å². The zero-order valence-corrected chi connectivity index (χ0v) is 22.5. The molecule has 2 aromatic rings. The lowest BCUT2D eigenvalue weighted by molar-refractivity contribution is -0.148. The van der Waals surface area contributed by atoms with Gasteiger partial charge in [-0.05, 0) is 67.7 Å². The van der Waals surface area contributed by atoms with Gasteiger partial charge < -0.3 is 36.2 Å². The van der Waals surface area contributed by atoms with E-state index < -0.39 is 64.1 Å². The fourth-order valence-electron chi connectivity index (χ4n) is 6.38. The Bertz CT molecular complexity index is 1570. The molecule has 0 bridgehead atoms. The van der Waals surface area contributed by atoms with Gasteiger partial charge in [-0.3, -0.25) is 19.3 Å². The van der Waals surface area contributed by atoms with Crippen molar-refractivity contribution >= 4 is 23.6 Å². The summed E-state index contributed by atoms with van der Waals surface area (Å²) in [5, 5.41) is 47.1. The molecular formula is C29H29N3O9. The maximum Gasteiger partial charge on any atom is 0.412 e. The first kappa shape index (κ1) is 27.9. The van der Waals surface area contributed by atoms with Crippen LogP contribution in [0.4, 0.5) is 4.79 Å². The molecule has 0 radical (unpaired) electrons. The Labute approximate surface area is 234 Å². The molecule has 12 nitrogen and oxygen atoms in total. The molecule has 0 saturated heterocycles. The lowest BCUT2D eigenvalue weighted by atomic mass is 9.58. The predicted molar refractivity (Wildman–Crippen MR) is 144 cm³/mol. The number of amides is 2. The number of nitrogens with two attached hydrogens (primary N) is 1. The van der Waals surface area contributed by atoms with Crippen LogP contribution in [0.15, 0.2) is 59.1 Å². The lowest BCUT2D eigenvalue weighted by Gasteiger charge is -2.50. The largest absolute Gasteiger partial charge is 0.510 e. The summed E-state index contributed by atoms with van der Waals surface area (Å²) in [4.78, 5) is 52.4. The van der Waals surface area contributed by atoms with Crippen LogP contribution in [0.3, 0.4) is 0 Å². The van der Waals surface area contributed by atoms with Crippen LogP contribution >= 0.6 is 0 Å². The van der Waals surface area contributed by atoms with Gasteiger partial charge in [0, 0.05) is 18.5 Å². The van der Waals surface area contributed by atoms with E-state index in [0.717, 1.165) is 0 Å². The molecular weight excluding hydrogens is 534 g/mol. The Morgan fingerprint density at radius 1 is 1.07 bits per heavy atom. The molecule has 0 unspecified atom stereocenters. The second-order valence-corrected chi connectivity index (χ2v) is 10.6. The molecule has 7 N–H and O–H groups in total. The maximum atomic E-state index is 13.9. The van der Waals surface area contributed by atoms with Crippen molar-refractivity contribution in [3.63, 3.8) is 0 Å². The number of benzene rings is 2. The Morgan fingerprint density at radius 3 is 2.32 bits per heavy atom. The summed E-state index contributed by atoms with van der Waals surface area (Å²) >= 11 is 0. The number of nitrogens with one attached hydrogen (secondary N) is 1. The fraction of sp³-hybridized carbons (Fsp3) is 0.310. The summed E-state index contributed by atoms with van der Waals surface area (Å²) in [5.74, 6) is -6.75. The number of carbonyl (C=O) groups is 4. The Kier molecular flexibility index (Phi) is 6.63. The molecule has 2 amide bonds. The quantitative estimate of drug-likeness (QED) is 0.296. The minimum Gasteiger partial charge on any atom is -0.510 e. The van der Waals surface area contributed by atoms with Crippen LogP contribution in [-0.2, 0) is 16.0 Å². The van der Waals surface area contributed by atoms with Crippen molar-refractivity contribution in [3.8, 4) is 22.6 Å². The second kappa shape index (κ2) is 9.75. The Hall–Kier alpha value is -4.68. The number of primary amides is 1. The average Bonchev–Trinajstić information content (AvgIpc) is 2.91. The van der Waals surface area contributed by atoms with Gasteiger partial charge >= 0.3 is 6.09 Å². The Morgan fingerprint density at radius 2 is 1.73 bits per heavy atom. The molecule has 41 heavy (non-hydrogen) atoms. The van der Waals surface area contributed by atoms with E-state index in [1.807, 2.05) is 0 Å². The molecule has 2 aromatic carbocycles. The maximum absolute atomic E-state index is 13.9. The third kappa shape index (κ3) is 4.06. The first-order chi connectivity index (χ1) is 19.3. The van der Waals surface area contributed by atoms with Gasteiger partial charge in [-0.25, -0.2) is 4.79 Å². The van der Waals surface area contributed by atoms with E-state index in [1.165, 1.54) is 18.0 Å². The highest BCUT2D eigenvalue weighted by Gasteiger charge is 2.63. The number of nitrogens with zero attached hydrogens (tertiary/aromatic N) is 1. The van der Waals surface area contributed by atoms with Gasteiger partial charge in [0.15, 0.2) is 11.4 Å². The number of Topliss-reactive ketones (excluding diaryl/α,β-unsaturated/α-hetero) is 2. The third-order valence-corrected chi connectivity index (χ3v) is 8.19. The van der Waals surface area contributed by atoms with Crippen LogP contribution in [0.1, 0.15) is 22.3 Å². The highest BCUT2D eigenvalue weighted by molar-refractivity contribution is 6.24. The molecule has 3 aliphatic rings. The summed E-state index contributed by atoms with van der Waals surface area (Å²) in [6.45, 7) is 0. The molecule has 5 rings (SSSR count). The molecule has 0 heterocycles. The van der Waals surface area contributed by atoms with E-state index in [-0.39, 0.29) is 29.7 Å². The normalized spacial score (nSPS) is 25.4. The van der Waals surface area contributed by atoms with E-state index in [1.54, 1.807) is 44.4 Å². The molecule has 0 aromatic heterocycles. The number of fused-ring (bicyclic) bond motifs is 3. The number of aliphatic hydroxyl groups excluding tert-OH is 2. The van der Waals surface area contributed by atoms with Crippen LogP contribution in [0.25, 0.3) is 11.1 Å². The van der Waals surface area contributed by atoms with Gasteiger partial charge in [-0.15, -0.1) is 0 Å². The molecule has 0 aliphatic heterocycles. The number of phenols is 1. The molecule has 12 heteroatoms. The van der Waals surface area contributed by atoms with E-state index in [0.29, 0.717) is 22.4 Å². The van der Waals surface area contributed by atoms with Gasteiger partial charge in [-0.1, -0.05) is 18.2 Å². The molecule has 214 valence electrons. The molecule has 4 atom stereocenters. The lowest BCUT2D eigenvalue weighted by Crippen LogP contribution is -2.63. The van der Waals surface area contributed by atoms with E-state index >= 15 is 0 Å². The number of phenolic OH excluding ortho intramolecular Hbond substituents is 1. The average molecular weight is 564 g/mol. The van der Waals surface area contributed by atoms with Crippen molar-refractivity contribution in [2.24, 2.45) is 17.6 Å². The van der Waals surface area contributed by atoms with Crippen molar-refractivity contribution in [1.82, 2.24) is 10.2 Å². The topological polar surface area (TPSA) is 200 Å². The monoisotopic (exact) mass is 563 g/mol. The summed E-state index contributed by atoms with van der Waals surface area (Å²) in [6, 6.07) is 8.43. The fourth-order valence-corrected chi connectivity index (χ4v) is 6.38. The van der Waals surface area contributed by atoms with Gasteiger partial charge in [0.25, 0.3) is 5.91 Å². The second-order valence-electron chi connectivity index (χ2n) is 10.6. The van der Waals surface area contributed by atoms with Crippen LogP contribution in [0, 0.1) is 11.8 Å². The van der Waals surface area contributed by atoms with Crippen LogP contribution < -0.4 is 15.8 Å². The standard InChI is InChI=1S/C29H29N3O9/c1-31-28(39)41-14-6-4-12(5-7-14)15-8-9-18(33)20-16(15)10-13-11-17-22(32(2)3)24(35)21(27(30)38)26(37)29(17,40)25(36)19(13)23(20)34/h4-9,13,17,22,33,35-36,40H,10-11H2,1-3H3,(H2,30,38)(H,31,39)/t13-,17-,22+,29-/m1/s1. The summed E-state index contributed by atoms with van der Waals surface area (Å²) in [6.07, 6.45) is -0.503. The van der Waals surface area contributed by atoms with Crippen LogP contribution in [0.2, 0.25) is 0 Å². The summed E-state index contributed by atoms with van der Waals surface area (Å²) in [7, 11) is 4.57.